The molecule has 1 aromatic rings. The normalized spacial score (nSPS) is 33.3. The van der Waals surface area contributed by atoms with Crippen LogP contribution in [-0.4, -0.2) is 71.3 Å². The van der Waals surface area contributed by atoms with Gasteiger partial charge in [-0.3, -0.25) is 14.4 Å². The first-order chi connectivity index (χ1) is 18.2. The van der Waals surface area contributed by atoms with Gasteiger partial charge in [0.05, 0.1) is 31.3 Å². The first kappa shape index (κ1) is 26.6. The van der Waals surface area contributed by atoms with Crippen LogP contribution in [0.1, 0.15) is 44.2 Å². The second kappa shape index (κ2) is 10.3. The molecule has 2 amide bonds. The van der Waals surface area contributed by atoms with Gasteiger partial charge in [-0.25, -0.2) is 0 Å². The number of ether oxygens (including phenoxy) is 2. The van der Waals surface area contributed by atoms with Gasteiger partial charge in [-0.2, -0.15) is 0 Å². The highest BCUT2D eigenvalue weighted by Gasteiger charge is 2.72. The molecule has 0 aromatic heterocycles. The number of aliphatic hydroxyl groups excluding tert-OH is 1. The maximum atomic E-state index is 14.6. The van der Waals surface area contributed by atoms with Crippen LogP contribution in [0.2, 0.25) is 0 Å². The van der Waals surface area contributed by atoms with Gasteiger partial charge in [0.2, 0.25) is 5.91 Å². The Morgan fingerprint density at radius 1 is 1.16 bits per heavy atom. The monoisotopic (exact) mass is 522 g/mol. The number of carbonyl (C=O) groups is 3. The van der Waals surface area contributed by atoms with Crippen LogP contribution in [-0.2, 0) is 23.9 Å². The zero-order valence-electron chi connectivity index (χ0n) is 22.6. The van der Waals surface area contributed by atoms with Gasteiger partial charge in [-0.1, -0.05) is 56.7 Å². The Hall–Kier alpha value is -2.97. The predicted octanol–water partition coefficient (Wildman–Crippen LogP) is 3.09. The molecule has 1 N–H and O–H groups in total. The summed E-state index contributed by atoms with van der Waals surface area (Å²) in [6.45, 7) is 8.19. The molecule has 4 aliphatic rings. The quantitative estimate of drug-likeness (QED) is 0.472. The van der Waals surface area contributed by atoms with E-state index in [0.717, 1.165) is 23.2 Å². The number of rotatable bonds is 5. The SMILES string of the molecule is CC[C@H](C)[C@H](CO)N1C(=O)[C@@H]2[C@@H]3C(=O)OCCC/C=C\[C@@H]3O[C@@]23C=CCN(c2cc(C)ccc2C)C(=O)C13. The molecule has 1 unspecified atom stereocenters. The predicted molar refractivity (Wildman–Crippen MR) is 142 cm³/mol. The molecule has 4 heterocycles. The van der Waals surface area contributed by atoms with Gasteiger partial charge in [0.25, 0.3) is 5.91 Å². The van der Waals surface area contributed by atoms with E-state index in [0.29, 0.717) is 19.4 Å². The van der Waals surface area contributed by atoms with E-state index in [1.807, 2.05) is 70.2 Å². The molecule has 8 heteroatoms. The van der Waals surface area contributed by atoms with Gasteiger partial charge in [0.15, 0.2) is 0 Å². The van der Waals surface area contributed by atoms with Gasteiger partial charge < -0.3 is 24.4 Å². The standard InChI is InChI=1S/C30H38N2O6/c1-5-19(3)22(17-33)32-26-28(35)31(21-16-18(2)11-12-20(21)4)14-9-13-30(26)25(27(32)34)24-23(38-30)10-7-6-8-15-37-29(24)36/h7,9-13,16,19,22-26,33H,5-6,8,14-15,17H2,1-4H3/b10-7-/t19-,22-,23-,24+,25-,26?,30-/m0/s1. The van der Waals surface area contributed by atoms with E-state index in [9.17, 15) is 19.5 Å². The highest BCUT2D eigenvalue weighted by molar-refractivity contribution is 6.06. The zero-order valence-corrected chi connectivity index (χ0v) is 22.6. The zero-order chi connectivity index (χ0) is 27.2. The number of amides is 2. The van der Waals surface area contributed by atoms with Crippen molar-refractivity contribution in [3.8, 4) is 0 Å². The van der Waals surface area contributed by atoms with Crippen LogP contribution in [0.15, 0.2) is 42.5 Å². The summed E-state index contributed by atoms with van der Waals surface area (Å²) in [7, 11) is 0. The van der Waals surface area contributed by atoms with Crippen LogP contribution in [0.5, 0.6) is 0 Å². The number of hydrogen-bond acceptors (Lipinski definition) is 6. The summed E-state index contributed by atoms with van der Waals surface area (Å²) in [5.41, 5.74) is 1.39. The molecule has 7 atom stereocenters. The minimum atomic E-state index is -1.35. The lowest BCUT2D eigenvalue weighted by atomic mass is 9.78. The minimum Gasteiger partial charge on any atom is -0.465 e. The molecule has 4 aliphatic heterocycles. The molecule has 2 fully saturated rings. The van der Waals surface area contributed by atoms with Gasteiger partial charge in [0.1, 0.15) is 17.6 Å². The summed E-state index contributed by atoms with van der Waals surface area (Å²) in [4.78, 5) is 45.6. The first-order valence-corrected chi connectivity index (χ1v) is 13.8. The second-order valence-corrected chi connectivity index (χ2v) is 11.1. The van der Waals surface area contributed by atoms with Crippen molar-refractivity contribution >= 4 is 23.5 Å². The van der Waals surface area contributed by atoms with E-state index in [4.69, 9.17) is 9.47 Å². The molecular weight excluding hydrogens is 484 g/mol. The largest absolute Gasteiger partial charge is 0.465 e. The van der Waals surface area contributed by atoms with Crippen LogP contribution in [0.3, 0.4) is 0 Å². The lowest BCUT2D eigenvalue weighted by Crippen LogP contribution is -2.59. The number of aryl methyl sites for hydroxylation is 2. The molecule has 0 aliphatic carbocycles. The Bertz CT molecular complexity index is 1180. The first-order valence-electron chi connectivity index (χ1n) is 13.8. The van der Waals surface area contributed by atoms with Gasteiger partial charge in [-0.15, -0.1) is 0 Å². The Morgan fingerprint density at radius 2 is 1.95 bits per heavy atom. The van der Waals surface area contributed by atoms with Crippen LogP contribution in [0.4, 0.5) is 5.69 Å². The number of carbonyl (C=O) groups excluding carboxylic acids is 3. The van der Waals surface area contributed by atoms with Gasteiger partial charge in [-0.05, 0) is 49.8 Å². The van der Waals surface area contributed by atoms with E-state index in [2.05, 4.69) is 0 Å². The fraction of sp³-hybridized carbons (Fsp3) is 0.567. The van der Waals surface area contributed by atoms with Crippen LogP contribution in [0, 0.1) is 31.6 Å². The van der Waals surface area contributed by atoms with Crippen molar-refractivity contribution in [2.45, 2.75) is 70.7 Å². The van der Waals surface area contributed by atoms with Crippen molar-refractivity contribution in [3.05, 3.63) is 53.6 Å². The molecule has 204 valence electrons. The molecule has 2 saturated heterocycles. The van der Waals surface area contributed by atoms with Crippen LogP contribution in [0.25, 0.3) is 0 Å². The summed E-state index contributed by atoms with van der Waals surface area (Å²) in [6.07, 6.45) is 8.98. The molecule has 0 bridgehead atoms. The molecule has 1 spiro atoms. The maximum Gasteiger partial charge on any atom is 0.312 e. The van der Waals surface area contributed by atoms with E-state index >= 15 is 0 Å². The van der Waals surface area contributed by atoms with E-state index in [1.165, 1.54) is 4.90 Å². The van der Waals surface area contributed by atoms with E-state index in [1.54, 1.807) is 4.90 Å². The highest BCUT2D eigenvalue weighted by Crippen LogP contribution is 2.54. The molecule has 38 heavy (non-hydrogen) atoms. The number of esters is 1. The Morgan fingerprint density at radius 3 is 2.68 bits per heavy atom. The van der Waals surface area contributed by atoms with Crippen LogP contribution >= 0.6 is 0 Å². The Kier molecular flexibility index (Phi) is 7.22. The van der Waals surface area contributed by atoms with Gasteiger partial charge >= 0.3 is 5.97 Å². The second-order valence-electron chi connectivity index (χ2n) is 11.1. The molecule has 0 radical (unpaired) electrons. The average molecular weight is 523 g/mol. The fourth-order valence-electron chi connectivity index (χ4n) is 6.59. The molecule has 5 rings (SSSR count). The Labute approximate surface area is 224 Å². The number of likely N-dealkylation sites (tertiary alicyclic amines) is 1. The Balaban J connectivity index is 1.68. The summed E-state index contributed by atoms with van der Waals surface area (Å²) in [6, 6.07) is 4.34. The molecule has 8 nitrogen and oxygen atoms in total. The van der Waals surface area contributed by atoms with Crippen molar-refractivity contribution < 1.29 is 29.0 Å². The third kappa shape index (κ3) is 4.09. The fourth-order valence-corrected chi connectivity index (χ4v) is 6.59. The number of benzene rings is 1. The number of cyclic esters (lactones) is 1. The van der Waals surface area contributed by atoms with E-state index in [-0.39, 0.29) is 30.9 Å². The van der Waals surface area contributed by atoms with Crippen LogP contribution < -0.4 is 4.90 Å². The van der Waals surface area contributed by atoms with Crippen molar-refractivity contribution in [3.63, 3.8) is 0 Å². The summed E-state index contributed by atoms with van der Waals surface area (Å²) in [5.74, 6) is -2.96. The summed E-state index contributed by atoms with van der Waals surface area (Å²) in [5, 5.41) is 10.5. The van der Waals surface area contributed by atoms with Crippen molar-refractivity contribution in [2.75, 3.05) is 24.7 Å². The number of aliphatic hydroxyl groups is 1. The molecule has 0 saturated carbocycles. The molecular formula is C30H38N2O6. The minimum absolute atomic E-state index is 0.0720. The smallest absolute Gasteiger partial charge is 0.312 e. The summed E-state index contributed by atoms with van der Waals surface area (Å²) < 4.78 is 12.3. The number of anilines is 1. The third-order valence-electron chi connectivity index (χ3n) is 8.79. The molecule has 1 aromatic carbocycles. The highest BCUT2D eigenvalue weighted by atomic mass is 16.6. The summed E-state index contributed by atoms with van der Waals surface area (Å²) >= 11 is 0. The number of hydrogen-bond donors (Lipinski definition) is 1. The van der Waals surface area contributed by atoms with E-state index < -0.39 is 41.6 Å². The van der Waals surface area contributed by atoms with Crippen molar-refractivity contribution in [1.82, 2.24) is 4.90 Å². The maximum absolute atomic E-state index is 14.6. The van der Waals surface area contributed by atoms with Gasteiger partial charge in [0, 0.05) is 12.2 Å². The number of allylic oxidation sites excluding steroid dienone is 1. The number of nitrogens with zero attached hydrogens (tertiary/aromatic N) is 2. The third-order valence-corrected chi connectivity index (χ3v) is 8.79. The lowest BCUT2D eigenvalue weighted by molar-refractivity contribution is -0.155. The lowest BCUT2D eigenvalue weighted by Gasteiger charge is -2.40. The topological polar surface area (TPSA) is 96.4 Å². The van der Waals surface area contributed by atoms with Crippen molar-refractivity contribution in [1.29, 1.82) is 0 Å². The average Bonchev–Trinajstić information content (AvgIpc) is 3.31. The number of fused-ring (bicyclic) bond motifs is 2. The van der Waals surface area contributed by atoms with Crippen molar-refractivity contribution in [2.24, 2.45) is 17.8 Å².